The number of nitrogens with zero attached hydrogens (tertiary/aromatic N) is 1. The Hall–Kier alpha value is -2.02. The molecule has 19 heavy (non-hydrogen) atoms. The molecule has 0 amide bonds. The Kier molecular flexibility index (Phi) is 4.40. The summed E-state index contributed by atoms with van der Waals surface area (Å²) in [4.78, 5) is 11.6. The lowest BCUT2D eigenvalue weighted by atomic mass is 10.1. The van der Waals surface area contributed by atoms with Gasteiger partial charge in [-0.25, -0.2) is 0 Å². The molecule has 0 heterocycles. The predicted octanol–water partition coefficient (Wildman–Crippen LogP) is 2.70. The molecular formula is C15H18N2O2. The molecule has 2 atom stereocenters. The van der Waals surface area contributed by atoms with E-state index in [0.717, 1.165) is 24.9 Å². The third-order valence-corrected chi connectivity index (χ3v) is 3.44. The van der Waals surface area contributed by atoms with E-state index in [-0.39, 0.29) is 11.9 Å². The summed E-state index contributed by atoms with van der Waals surface area (Å²) in [5, 5.41) is 12.1. The first-order valence-electron chi connectivity index (χ1n) is 6.66. The summed E-state index contributed by atoms with van der Waals surface area (Å²) >= 11 is 0. The number of carbonyl (C=O) groups excluding carboxylic acids is 1. The van der Waals surface area contributed by atoms with Crippen molar-refractivity contribution in [1.29, 1.82) is 5.26 Å². The molecule has 0 radical (unpaired) electrons. The van der Waals surface area contributed by atoms with Crippen LogP contribution in [0.4, 0.5) is 5.69 Å². The van der Waals surface area contributed by atoms with Crippen LogP contribution in [0.2, 0.25) is 0 Å². The number of ether oxygens (including phenoxy) is 1. The molecule has 1 saturated carbocycles. The van der Waals surface area contributed by atoms with Gasteiger partial charge < -0.3 is 10.1 Å². The molecule has 1 aliphatic rings. The maximum atomic E-state index is 11.6. The van der Waals surface area contributed by atoms with Gasteiger partial charge in [0.05, 0.1) is 24.2 Å². The van der Waals surface area contributed by atoms with Gasteiger partial charge in [-0.1, -0.05) is 0 Å². The number of benzene rings is 1. The Morgan fingerprint density at radius 1 is 1.42 bits per heavy atom. The van der Waals surface area contributed by atoms with Crippen LogP contribution in [0.25, 0.3) is 0 Å². The van der Waals surface area contributed by atoms with E-state index in [2.05, 4.69) is 11.4 Å². The first kappa shape index (κ1) is 13.4. The van der Waals surface area contributed by atoms with Crippen LogP contribution in [0.1, 0.15) is 31.7 Å². The van der Waals surface area contributed by atoms with Crippen molar-refractivity contribution in [3.63, 3.8) is 0 Å². The van der Waals surface area contributed by atoms with Crippen molar-refractivity contribution in [2.75, 3.05) is 11.9 Å². The molecule has 0 saturated heterocycles. The third kappa shape index (κ3) is 3.47. The Bertz CT molecular complexity index is 476. The summed E-state index contributed by atoms with van der Waals surface area (Å²) in [6.45, 7) is 2.28. The molecule has 0 bridgehead atoms. The first-order valence-corrected chi connectivity index (χ1v) is 6.66. The van der Waals surface area contributed by atoms with E-state index in [1.165, 1.54) is 0 Å². The summed E-state index contributed by atoms with van der Waals surface area (Å²) in [6.07, 6.45) is 2.68. The number of hydrogen-bond donors (Lipinski definition) is 1. The Labute approximate surface area is 113 Å². The van der Waals surface area contributed by atoms with Crippen molar-refractivity contribution in [1.82, 2.24) is 0 Å². The molecule has 1 aromatic rings. The molecule has 4 heteroatoms. The highest BCUT2D eigenvalue weighted by atomic mass is 16.5. The summed E-state index contributed by atoms with van der Waals surface area (Å²) in [7, 11) is 0. The normalized spacial score (nSPS) is 21.7. The van der Waals surface area contributed by atoms with Crippen LogP contribution in [0.5, 0.6) is 0 Å². The smallest absolute Gasteiger partial charge is 0.308 e. The third-order valence-electron chi connectivity index (χ3n) is 3.44. The first-order chi connectivity index (χ1) is 9.22. The van der Waals surface area contributed by atoms with Gasteiger partial charge in [-0.15, -0.1) is 0 Å². The van der Waals surface area contributed by atoms with Gasteiger partial charge in [0, 0.05) is 11.7 Å². The molecule has 1 aromatic carbocycles. The second kappa shape index (κ2) is 6.24. The fourth-order valence-corrected chi connectivity index (χ4v) is 2.46. The van der Waals surface area contributed by atoms with Crippen LogP contribution in [0, 0.1) is 17.2 Å². The number of anilines is 1. The average molecular weight is 258 g/mol. The quantitative estimate of drug-likeness (QED) is 0.843. The lowest BCUT2D eigenvalue weighted by molar-refractivity contribution is -0.147. The molecular weight excluding hydrogens is 240 g/mol. The van der Waals surface area contributed by atoms with Crippen LogP contribution in [-0.4, -0.2) is 18.6 Å². The minimum atomic E-state index is -0.0772. The highest BCUT2D eigenvalue weighted by Gasteiger charge is 2.30. The molecule has 2 rings (SSSR count). The fourth-order valence-electron chi connectivity index (χ4n) is 2.46. The summed E-state index contributed by atoms with van der Waals surface area (Å²) in [6, 6.07) is 9.78. The van der Waals surface area contributed by atoms with Crippen molar-refractivity contribution in [2.24, 2.45) is 5.92 Å². The Morgan fingerprint density at radius 2 is 2.16 bits per heavy atom. The molecule has 1 fully saturated rings. The number of esters is 1. The van der Waals surface area contributed by atoms with Gasteiger partial charge in [0.25, 0.3) is 0 Å². The van der Waals surface area contributed by atoms with Crippen molar-refractivity contribution < 1.29 is 9.53 Å². The van der Waals surface area contributed by atoms with Gasteiger partial charge in [0.15, 0.2) is 0 Å². The Morgan fingerprint density at radius 3 is 2.79 bits per heavy atom. The van der Waals surface area contributed by atoms with Gasteiger partial charge in [0.1, 0.15) is 0 Å². The summed E-state index contributed by atoms with van der Waals surface area (Å²) in [5.74, 6) is -0.0533. The van der Waals surface area contributed by atoms with Crippen LogP contribution >= 0.6 is 0 Å². The van der Waals surface area contributed by atoms with Crippen molar-refractivity contribution in [2.45, 2.75) is 32.2 Å². The molecule has 0 spiro atoms. The van der Waals surface area contributed by atoms with E-state index < -0.39 is 0 Å². The van der Waals surface area contributed by atoms with Crippen LogP contribution in [0.3, 0.4) is 0 Å². The highest BCUT2D eigenvalue weighted by molar-refractivity contribution is 5.73. The molecule has 1 N–H and O–H groups in total. The van der Waals surface area contributed by atoms with Crippen molar-refractivity contribution in [3.8, 4) is 6.07 Å². The van der Waals surface area contributed by atoms with E-state index in [4.69, 9.17) is 10.00 Å². The second-order valence-electron chi connectivity index (χ2n) is 4.79. The number of hydrogen-bond acceptors (Lipinski definition) is 4. The van der Waals surface area contributed by atoms with E-state index in [1.807, 2.05) is 19.1 Å². The highest BCUT2D eigenvalue weighted by Crippen LogP contribution is 2.29. The largest absolute Gasteiger partial charge is 0.466 e. The summed E-state index contributed by atoms with van der Waals surface area (Å²) in [5.41, 5.74) is 1.65. The monoisotopic (exact) mass is 258 g/mol. The van der Waals surface area contributed by atoms with E-state index in [0.29, 0.717) is 18.2 Å². The van der Waals surface area contributed by atoms with Crippen LogP contribution < -0.4 is 5.32 Å². The number of nitriles is 1. The van der Waals surface area contributed by atoms with Crippen LogP contribution in [0.15, 0.2) is 24.3 Å². The minimum absolute atomic E-state index is 0.0239. The molecule has 1 aliphatic carbocycles. The number of rotatable bonds is 4. The molecule has 0 aliphatic heterocycles. The van der Waals surface area contributed by atoms with Gasteiger partial charge in [-0.2, -0.15) is 5.26 Å². The van der Waals surface area contributed by atoms with E-state index in [9.17, 15) is 4.79 Å². The van der Waals surface area contributed by atoms with Crippen molar-refractivity contribution >= 4 is 11.7 Å². The second-order valence-corrected chi connectivity index (χ2v) is 4.79. The number of nitrogens with one attached hydrogen (secondary N) is 1. The maximum Gasteiger partial charge on any atom is 0.308 e. The standard InChI is InChI=1S/C15H18N2O2/c1-2-19-15(18)12-5-8-14(9-12)17-13-6-3-11(10-16)4-7-13/h3-4,6-7,12,14,17H,2,5,8-9H2,1H3/t12-,14+/m1/s1. The zero-order valence-corrected chi connectivity index (χ0v) is 11.1. The maximum absolute atomic E-state index is 11.6. The van der Waals surface area contributed by atoms with Gasteiger partial charge in [-0.3, -0.25) is 4.79 Å². The molecule has 0 unspecified atom stereocenters. The van der Waals surface area contributed by atoms with Gasteiger partial charge in [-0.05, 0) is 50.5 Å². The van der Waals surface area contributed by atoms with E-state index in [1.54, 1.807) is 12.1 Å². The lowest BCUT2D eigenvalue weighted by Gasteiger charge is -2.14. The van der Waals surface area contributed by atoms with E-state index >= 15 is 0 Å². The fraction of sp³-hybridized carbons (Fsp3) is 0.467. The van der Waals surface area contributed by atoms with Gasteiger partial charge in [0.2, 0.25) is 0 Å². The predicted molar refractivity (Wildman–Crippen MR) is 72.5 cm³/mol. The minimum Gasteiger partial charge on any atom is -0.466 e. The topological polar surface area (TPSA) is 62.1 Å². The number of carbonyl (C=O) groups is 1. The molecule has 100 valence electrons. The summed E-state index contributed by atoms with van der Waals surface area (Å²) < 4.78 is 5.05. The lowest BCUT2D eigenvalue weighted by Crippen LogP contribution is -2.19. The molecule has 0 aromatic heterocycles. The average Bonchev–Trinajstić information content (AvgIpc) is 2.88. The van der Waals surface area contributed by atoms with Crippen LogP contribution in [-0.2, 0) is 9.53 Å². The van der Waals surface area contributed by atoms with Crippen molar-refractivity contribution in [3.05, 3.63) is 29.8 Å². The zero-order valence-electron chi connectivity index (χ0n) is 11.1. The Balaban J connectivity index is 1.87. The SMILES string of the molecule is CCOC(=O)[C@@H]1CC[C@H](Nc2ccc(C#N)cc2)C1. The van der Waals surface area contributed by atoms with Gasteiger partial charge >= 0.3 is 5.97 Å². The molecule has 4 nitrogen and oxygen atoms in total. The zero-order chi connectivity index (χ0) is 13.7.